The van der Waals surface area contributed by atoms with Crippen LogP contribution in [0.1, 0.15) is 34.6 Å². The van der Waals surface area contributed by atoms with E-state index in [4.69, 9.17) is 5.73 Å². The maximum Gasteiger partial charge on any atom is 0.0116 e. The van der Waals surface area contributed by atoms with Gasteiger partial charge in [0.15, 0.2) is 0 Å². The molecule has 66 valence electrons. The minimum Gasteiger partial charge on any atom is -0.402 e. The van der Waals surface area contributed by atoms with Crippen LogP contribution in [-0.2, 0) is 0 Å². The summed E-state index contributed by atoms with van der Waals surface area (Å²) in [6, 6.07) is 0. The Morgan fingerprint density at radius 2 is 1.55 bits per heavy atom. The molecule has 0 unspecified atom stereocenters. The van der Waals surface area contributed by atoms with Crippen molar-refractivity contribution in [2.24, 2.45) is 5.73 Å². The fourth-order valence-corrected chi connectivity index (χ4v) is 0.832. The zero-order chi connectivity index (χ0) is 9.28. The van der Waals surface area contributed by atoms with Gasteiger partial charge in [0.05, 0.1) is 0 Å². The van der Waals surface area contributed by atoms with Gasteiger partial charge in [-0.25, -0.2) is 0 Å². The molecule has 0 fully saturated rings. The summed E-state index contributed by atoms with van der Waals surface area (Å²) in [5.41, 5.74) is 7.55. The van der Waals surface area contributed by atoms with Crippen LogP contribution in [0, 0.1) is 0 Å². The summed E-state index contributed by atoms with van der Waals surface area (Å²) < 4.78 is 0. The molecule has 0 aromatic rings. The molecule has 0 aliphatic carbocycles. The minimum atomic E-state index is 0.859. The number of hydrogen-bond donors (Lipinski definition) is 1. The molecule has 0 spiro atoms. The van der Waals surface area contributed by atoms with Gasteiger partial charge in [0, 0.05) is 5.70 Å². The van der Waals surface area contributed by atoms with Crippen molar-refractivity contribution in [2.75, 3.05) is 0 Å². The van der Waals surface area contributed by atoms with E-state index >= 15 is 0 Å². The third kappa shape index (κ3) is 17.7. The second-order valence-electron chi connectivity index (χ2n) is 2.19. The van der Waals surface area contributed by atoms with Gasteiger partial charge in [-0.2, -0.15) is 0 Å². The van der Waals surface area contributed by atoms with Gasteiger partial charge in [0.25, 0.3) is 0 Å². The van der Waals surface area contributed by atoms with Crippen molar-refractivity contribution in [1.82, 2.24) is 0 Å². The molecule has 0 aromatic carbocycles. The number of allylic oxidation sites excluding steroid dienone is 2. The van der Waals surface area contributed by atoms with Crippen molar-refractivity contribution in [3.63, 3.8) is 0 Å². The van der Waals surface area contributed by atoms with Crippen LogP contribution in [0.4, 0.5) is 0 Å². The van der Waals surface area contributed by atoms with E-state index < -0.39 is 0 Å². The number of nitrogens with two attached hydrogens (primary N) is 1. The summed E-state index contributed by atoms with van der Waals surface area (Å²) in [5, 5.41) is 3.99. The fourth-order valence-electron chi connectivity index (χ4n) is 0.277. The highest BCUT2D eigenvalue weighted by Crippen LogP contribution is 2.08. The monoisotopic (exact) mass is 173 g/mol. The molecule has 1 nitrogen and oxygen atoms in total. The Bertz CT molecular complexity index is 112. The van der Waals surface area contributed by atoms with Crippen LogP contribution in [0.2, 0.25) is 0 Å². The lowest BCUT2D eigenvalue weighted by Gasteiger charge is -1.87. The predicted molar refractivity (Wildman–Crippen MR) is 56.3 cm³/mol. The molecular formula is C9H19NS. The first kappa shape index (κ1) is 13.2. The summed E-state index contributed by atoms with van der Waals surface area (Å²) in [4.78, 5) is 0. The fraction of sp³-hybridized carbons (Fsp3) is 0.556. The molecule has 0 aromatic heterocycles. The quantitative estimate of drug-likeness (QED) is 0.691. The molecule has 0 saturated heterocycles. The SMILES string of the molecule is CC.CC(C)=CS/C=C(/C)N. The molecule has 0 amide bonds. The Kier molecular flexibility index (Phi) is 11.6. The minimum absolute atomic E-state index is 0.859. The van der Waals surface area contributed by atoms with Crippen molar-refractivity contribution < 1.29 is 0 Å². The zero-order valence-corrected chi connectivity index (χ0v) is 8.96. The van der Waals surface area contributed by atoms with E-state index in [2.05, 4.69) is 19.3 Å². The van der Waals surface area contributed by atoms with Crippen LogP contribution < -0.4 is 5.73 Å². The maximum atomic E-state index is 5.39. The molecule has 0 heterocycles. The van der Waals surface area contributed by atoms with Crippen molar-refractivity contribution in [3.05, 3.63) is 22.1 Å². The van der Waals surface area contributed by atoms with E-state index in [1.807, 2.05) is 26.2 Å². The van der Waals surface area contributed by atoms with Crippen LogP contribution in [0.15, 0.2) is 22.1 Å². The van der Waals surface area contributed by atoms with Gasteiger partial charge < -0.3 is 5.73 Å². The molecular weight excluding hydrogens is 154 g/mol. The van der Waals surface area contributed by atoms with Crippen molar-refractivity contribution in [2.45, 2.75) is 34.6 Å². The van der Waals surface area contributed by atoms with E-state index in [1.165, 1.54) is 5.57 Å². The second kappa shape index (κ2) is 9.63. The molecule has 0 aliphatic rings. The lowest BCUT2D eigenvalue weighted by Crippen LogP contribution is -1.86. The van der Waals surface area contributed by atoms with E-state index in [1.54, 1.807) is 11.8 Å². The van der Waals surface area contributed by atoms with E-state index in [-0.39, 0.29) is 0 Å². The average Bonchev–Trinajstić information content (AvgIpc) is 1.90. The Balaban J connectivity index is 0. The largest absolute Gasteiger partial charge is 0.402 e. The number of thioether (sulfide) groups is 1. The highest BCUT2D eigenvalue weighted by molar-refractivity contribution is 8.04. The van der Waals surface area contributed by atoms with Gasteiger partial charge in [0.2, 0.25) is 0 Å². The summed E-state index contributed by atoms with van der Waals surface area (Å²) in [6.45, 7) is 10.0. The first-order valence-corrected chi connectivity index (χ1v) is 4.78. The Morgan fingerprint density at radius 3 is 1.82 bits per heavy atom. The topological polar surface area (TPSA) is 26.0 Å². The van der Waals surface area contributed by atoms with Gasteiger partial charge in [0.1, 0.15) is 0 Å². The third-order valence-electron chi connectivity index (χ3n) is 0.558. The van der Waals surface area contributed by atoms with E-state index in [0.717, 1.165) is 5.70 Å². The standard InChI is InChI=1S/C7H13NS.C2H6/c1-6(2)4-9-5-7(3)8;1-2/h4-5H,8H2,1-3H3;1-2H3/b7-5-;. The van der Waals surface area contributed by atoms with Gasteiger partial charge in [-0.1, -0.05) is 19.4 Å². The zero-order valence-electron chi connectivity index (χ0n) is 8.14. The Hall–Kier alpha value is -0.370. The molecule has 2 N–H and O–H groups in total. The second-order valence-corrected chi connectivity index (χ2v) is 2.94. The van der Waals surface area contributed by atoms with Gasteiger partial charge in [-0.3, -0.25) is 0 Å². The van der Waals surface area contributed by atoms with Crippen molar-refractivity contribution in [3.8, 4) is 0 Å². The van der Waals surface area contributed by atoms with Crippen molar-refractivity contribution in [1.29, 1.82) is 0 Å². The predicted octanol–water partition coefficient (Wildman–Crippen LogP) is 3.49. The average molecular weight is 173 g/mol. The van der Waals surface area contributed by atoms with Crippen LogP contribution >= 0.6 is 11.8 Å². The van der Waals surface area contributed by atoms with Crippen molar-refractivity contribution >= 4 is 11.8 Å². The summed E-state index contributed by atoms with van der Waals surface area (Å²) >= 11 is 1.62. The van der Waals surface area contributed by atoms with Crippen LogP contribution in [0.5, 0.6) is 0 Å². The molecule has 0 atom stereocenters. The first-order valence-electron chi connectivity index (χ1n) is 3.84. The van der Waals surface area contributed by atoms with Gasteiger partial charge >= 0.3 is 0 Å². The molecule has 0 saturated carbocycles. The molecule has 0 rings (SSSR count). The Labute approximate surface area is 74.7 Å². The Morgan fingerprint density at radius 1 is 1.09 bits per heavy atom. The molecule has 0 aliphatic heterocycles. The van der Waals surface area contributed by atoms with E-state index in [0.29, 0.717) is 0 Å². The molecule has 11 heavy (non-hydrogen) atoms. The van der Waals surface area contributed by atoms with Crippen LogP contribution in [0.25, 0.3) is 0 Å². The van der Waals surface area contributed by atoms with Crippen LogP contribution in [0.3, 0.4) is 0 Å². The third-order valence-corrected chi connectivity index (χ3v) is 1.67. The molecule has 0 bridgehead atoms. The first-order chi connectivity index (χ1) is 5.13. The summed E-state index contributed by atoms with van der Waals surface area (Å²) in [5.74, 6) is 0. The number of rotatable bonds is 2. The maximum absolute atomic E-state index is 5.39. The van der Waals surface area contributed by atoms with Gasteiger partial charge in [-0.05, 0) is 31.6 Å². The van der Waals surface area contributed by atoms with Gasteiger partial charge in [-0.15, -0.1) is 11.8 Å². The van der Waals surface area contributed by atoms with Crippen LogP contribution in [-0.4, -0.2) is 0 Å². The lowest BCUT2D eigenvalue weighted by atomic mass is 10.4. The normalized spacial score (nSPS) is 9.73. The smallest absolute Gasteiger partial charge is 0.0116 e. The highest BCUT2D eigenvalue weighted by atomic mass is 32.2. The summed E-state index contributed by atoms with van der Waals surface area (Å²) in [6.07, 6.45) is 0. The number of hydrogen-bond acceptors (Lipinski definition) is 2. The molecule has 0 radical (unpaired) electrons. The molecule has 2 heteroatoms. The highest BCUT2D eigenvalue weighted by Gasteiger charge is 1.76. The lowest BCUT2D eigenvalue weighted by molar-refractivity contribution is 1.33. The van der Waals surface area contributed by atoms with E-state index in [9.17, 15) is 0 Å². The summed E-state index contributed by atoms with van der Waals surface area (Å²) in [7, 11) is 0.